The van der Waals surface area contributed by atoms with E-state index in [9.17, 15) is 10.4 Å². The molecule has 4 nitrogen and oxygen atoms in total. The summed E-state index contributed by atoms with van der Waals surface area (Å²) in [5.41, 5.74) is 1.28. The maximum atomic E-state index is 11.5. The highest BCUT2D eigenvalue weighted by molar-refractivity contribution is 5.09. The summed E-state index contributed by atoms with van der Waals surface area (Å²) in [6.45, 7) is 7.41. The molecule has 0 aliphatic heterocycles. The Morgan fingerprint density at radius 1 is 1.54 bits per heavy atom. The molecule has 0 unspecified atom stereocenters. The van der Waals surface area contributed by atoms with Crippen molar-refractivity contribution in [3.8, 4) is 0 Å². The van der Waals surface area contributed by atoms with E-state index >= 15 is 0 Å². The second-order valence-corrected chi connectivity index (χ2v) is 3.50. The van der Waals surface area contributed by atoms with E-state index in [1.807, 2.05) is 20.8 Å². The van der Waals surface area contributed by atoms with E-state index in [2.05, 4.69) is 0 Å². The average molecular weight is 184 g/mol. The van der Waals surface area contributed by atoms with Gasteiger partial charge in [-0.3, -0.25) is 0 Å². The van der Waals surface area contributed by atoms with Crippen LogP contribution in [0.15, 0.2) is 0 Å². The van der Waals surface area contributed by atoms with Crippen LogP contribution in [0.4, 0.5) is 0 Å². The van der Waals surface area contributed by atoms with Crippen LogP contribution in [0.25, 0.3) is 0 Å². The largest absolute Gasteiger partial charge is 0.710 e. The smallest absolute Gasteiger partial charge is 0.302 e. The van der Waals surface area contributed by atoms with Gasteiger partial charge < -0.3 is 10.4 Å². The molecule has 0 saturated heterocycles. The van der Waals surface area contributed by atoms with E-state index in [0.29, 0.717) is 23.6 Å². The summed E-state index contributed by atoms with van der Waals surface area (Å²) in [7, 11) is 0. The zero-order chi connectivity index (χ0) is 10.2. The monoisotopic (exact) mass is 184 g/mol. The topological polar surface area (TPSA) is 52.1 Å². The highest BCUT2D eigenvalue weighted by Crippen LogP contribution is 2.15. The number of imidazole rings is 1. The molecule has 0 radical (unpaired) electrons. The highest BCUT2D eigenvalue weighted by atomic mass is 16.5. The van der Waals surface area contributed by atoms with Crippen LogP contribution in [0.5, 0.6) is 0 Å². The van der Waals surface area contributed by atoms with Crippen molar-refractivity contribution in [3.05, 3.63) is 22.4 Å². The van der Waals surface area contributed by atoms with Gasteiger partial charge in [-0.25, -0.2) is 4.73 Å². The van der Waals surface area contributed by atoms with Crippen LogP contribution in [0.2, 0.25) is 0 Å². The summed E-state index contributed by atoms with van der Waals surface area (Å²) in [5, 5.41) is 21.2. The molecule has 0 atom stereocenters. The maximum Gasteiger partial charge on any atom is 0.302 e. The Morgan fingerprint density at radius 2 is 2.08 bits per heavy atom. The van der Waals surface area contributed by atoms with Gasteiger partial charge in [-0.05, 0) is 4.73 Å². The number of rotatable bonds is 2. The molecule has 0 spiro atoms. The molecule has 0 bridgehead atoms. The van der Waals surface area contributed by atoms with Crippen molar-refractivity contribution in [3.63, 3.8) is 0 Å². The van der Waals surface area contributed by atoms with Gasteiger partial charge in [0.05, 0.1) is 5.92 Å². The number of hydrogen-bond acceptors (Lipinski definition) is 2. The summed E-state index contributed by atoms with van der Waals surface area (Å²) in [6, 6.07) is 0. The second kappa shape index (κ2) is 3.28. The zero-order valence-electron chi connectivity index (χ0n) is 8.53. The van der Waals surface area contributed by atoms with Crippen molar-refractivity contribution in [1.82, 2.24) is 4.73 Å². The molecule has 13 heavy (non-hydrogen) atoms. The molecule has 0 aliphatic rings. The number of hydrogen-bond donors (Lipinski definition) is 1. The lowest BCUT2D eigenvalue weighted by Gasteiger charge is -2.05. The Labute approximate surface area is 78.0 Å². The quantitative estimate of drug-likeness (QED) is 0.428. The summed E-state index contributed by atoms with van der Waals surface area (Å²) in [4.78, 5) is 0. The van der Waals surface area contributed by atoms with Crippen LogP contribution in [-0.4, -0.2) is 9.94 Å². The van der Waals surface area contributed by atoms with Gasteiger partial charge in [0, 0.05) is 13.3 Å². The summed E-state index contributed by atoms with van der Waals surface area (Å²) < 4.78 is 1.83. The third kappa shape index (κ3) is 1.36. The van der Waals surface area contributed by atoms with Crippen LogP contribution in [-0.2, 0) is 6.42 Å². The van der Waals surface area contributed by atoms with Gasteiger partial charge in [0.1, 0.15) is 5.69 Å². The Balaban J connectivity index is 3.36. The fourth-order valence-corrected chi connectivity index (χ4v) is 1.55. The van der Waals surface area contributed by atoms with E-state index in [4.69, 9.17) is 0 Å². The molecule has 1 heterocycles. The first kappa shape index (κ1) is 9.89. The van der Waals surface area contributed by atoms with Gasteiger partial charge in [-0.1, -0.05) is 20.8 Å². The molecule has 4 heteroatoms. The third-order valence-corrected chi connectivity index (χ3v) is 2.25. The first-order chi connectivity index (χ1) is 6.00. The minimum Gasteiger partial charge on any atom is -0.710 e. The Hall–Kier alpha value is -1.19. The molecule has 0 amide bonds. The number of nitrogens with zero attached hydrogens (tertiary/aromatic N) is 2. The molecule has 1 N–H and O–H groups in total. The van der Waals surface area contributed by atoms with Crippen molar-refractivity contribution in [2.24, 2.45) is 0 Å². The number of aromatic nitrogens is 2. The predicted octanol–water partition coefficient (Wildman–Crippen LogP) is 1.35. The molecule has 1 aromatic heterocycles. The van der Waals surface area contributed by atoms with Crippen LogP contribution in [0.1, 0.15) is 43.9 Å². The van der Waals surface area contributed by atoms with Gasteiger partial charge in [0.15, 0.2) is 5.69 Å². The van der Waals surface area contributed by atoms with E-state index in [1.54, 1.807) is 6.92 Å². The predicted molar refractivity (Wildman–Crippen MR) is 48.8 cm³/mol. The summed E-state index contributed by atoms with van der Waals surface area (Å²) >= 11 is 0. The first-order valence-electron chi connectivity index (χ1n) is 4.53. The van der Waals surface area contributed by atoms with E-state index in [1.165, 1.54) is 0 Å². The lowest BCUT2D eigenvalue weighted by Crippen LogP contribution is -2.34. The molecule has 0 saturated carbocycles. The molecule has 1 rings (SSSR count). The average Bonchev–Trinajstić information content (AvgIpc) is 2.24. The van der Waals surface area contributed by atoms with Crippen molar-refractivity contribution in [2.75, 3.05) is 0 Å². The Bertz CT molecular complexity index is 316. The van der Waals surface area contributed by atoms with Gasteiger partial charge in [-0.2, -0.15) is 0 Å². The lowest BCUT2D eigenvalue weighted by molar-refractivity contribution is -0.623. The van der Waals surface area contributed by atoms with Crippen molar-refractivity contribution >= 4 is 0 Å². The van der Waals surface area contributed by atoms with Crippen molar-refractivity contribution < 1.29 is 9.94 Å². The first-order valence-corrected chi connectivity index (χ1v) is 4.53. The molecule has 0 fully saturated rings. The van der Waals surface area contributed by atoms with Crippen LogP contribution < -0.4 is 4.73 Å². The fourth-order valence-electron chi connectivity index (χ4n) is 1.55. The van der Waals surface area contributed by atoms with Crippen molar-refractivity contribution in [1.29, 1.82) is 0 Å². The van der Waals surface area contributed by atoms with Crippen LogP contribution in [0.3, 0.4) is 0 Å². The van der Waals surface area contributed by atoms with Gasteiger partial charge >= 0.3 is 5.82 Å². The maximum absolute atomic E-state index is 11.5. The molecule has 1 aromatic rings. The molecule has 74 valence electrons. The standard InChI is InChI=1S/C9H16N2O2/c1-5-8-7(4)10(12)9(6(2)3)11(8)13/h6,13H,5H2,1-4H3. The summed E-state index contributed by atoms with van der Waals surface area (Å²) in [6.07, 6.45) is 0.664. The molecular formula is C9H16N2O2. The minimum atomic E-state index is 0.0292. The second-order valence-electron chi connectivity index (χ2n) is 3.50. The third-order valence-electron chi connectivity index (χ3n) is 2.25. The molecular weight excluding hydrogens is 168 g/mol. The van der Waals surface area contributed by atoms with Gasteiger partial charge in [0.25, 0.3) is 0 Å². The lowest BCUT2D eigenvalue weighted by atomic mass is 10.2. The Morgan fingerprint density at radius 3 is 2.31 bits per heavy atom. The van der Waals surface area contributed by atoms with Gasteiger partial charge in [0.2, 0.25) is 0 Å². The summed E-state index contributed by atoms with van der Waals surface area (Å²) in [5.74, 6) is 0.441. The normalized spacial score (nSPS) is 11.2. The van der Waals surface area contributed by atoms with E-state index in [0.717, 1.165) is 9.46 Å². The molecule has 0 aromatic carbocycles. The zero-order valence-corrected chi connectivity index (χ0v) is 8.53. The minimum absolute atomic E-state index is 0.0292. The van der Waals surface area contributed by atoms with Crippen molar-refractivity contribution in [2.45, 2.75) is 40.0 Å². The Kier molecular flexibility index (Phi) is 2.50. The van der Waals surface area contributed by atoms with Crippen LogP contribution in [0, 0.1) is 12.1 Å². The van der Waals surface area contributed by atoms with Crippen LogP contribution >= 0.6 is 0 Å². The molecule has 0 aliphatic carbocycles. The van der Waals surface area contributed by atoms with E-state index in [-0.39, 0.29) is 5.92 Å². The fraction of sp³-hybridized carbons (Fsp3) is 0.667. The SMILES string of the molecule is CCc1c(C)[n+]([O-])c(C(C)C)n1O. The highest BCUT2D eigenvalue weighted by Gasteiger charge is 2.25. The van der Waals surface area contributed by atoms with Gasteiger partial charge in [-0.15, -0.1) is 0 Å². The van der Waals surface area contributed by atoms with E-state index < -0.39 is 0 Å².